The summed E-state index contributed by atoms with van der Waals surface area (Å²) in [5, 5.41) is 15.9. The normalized spacial score (nSPS) is 17.8. The summed E-state index contributed by atoms with van der Waals surface area (Å²) in [5.41, 5.74) is 3.08. The molecule has 0 bridgehead atoms. The molecule has 1 aliphatic carbocycles. The predicted molar refractivity (Wildman–Crippen MR) is 129 cm³/mol. The van der Waals surface area contributed by atoms with E-state index >= 15 is 0 Å². The first-order valence-electron chi connectivity index (χ1n) is 10.6. The summed E-state index contributed by atoms with van der Waals surface area (Å²) in [6, 6.07) is 9.68. The van der Waals surface area contributed by atoms with E-state index in [0.29, 0.717) is 29.1 Å². The first-order chi connectivity index (χ1) is 16.3. The minimum atomic E-state index is -3.72. The van der Waals surface area contributed by atoms with E-state index in [2.05, 4.69) is 25.0 Å². The lowest BCUT2D eigenvalue weighted by Gasteiger charge is -2.37. The van der Waals surface area contributed by atoms with Crippen molar-refractivity contribution >= 4 is 43.9 Å². The van der Waals surface area contributed by atoms with Crippen molar-refractivity contribution < 1.29 is 13.2 Å². The number of sulfonamides is 1. The number of Topliss-reactive ketones (excluding diaryl/α,β-unsaturated/α-hetero) is 1. The Hall–Kier alpha value is -3.59. The first-order valence-corrected chi connectivity index (χ1v) is 12.9. The summed E-state index contributed by atoms with van der Waals surface area (Å²) in [6.07, 6.45) is 4.73. The van der Waals surface area contributed by atoms with Gasteiger partial charge in [-0.15, -0.1) is 11.3 Å². The topological polar surface area (TPSA) is 141 Å². The SMILES string of the molecule is CC(=O)c1csc(-c2cnc3[nH]ccc3c2NC2CC(NS(=O)(=O)c3cccc(C#N)c3)C2)n1. The highest BCUT2D eigenvalue weighted by molar-refractivity contribution is 7.89. The zero-order valence-corrected chi connectivity index (χ0v) is 19.7. The van der Waals surface area contributed by atoms with Crippen LogP contribution in [0.15, 0.2) is 53.0 Å². The monoisotopic (exact) mass is 492 g/mol. The highest BCUT2D eigenvalue weighted by atomic mass is 32.2. The van der Waals surface area contributed by atoms with Gasteiger partial charge in [0.05, 0.1) is 27.8 Å². The Morgan fingerprint density at radius 3 is 2.82 bits per heavy atom. The van der Waals surface area contributed by atoms with Crippen molar-refractivity contribution in [2.75, 3.05) is 5.32 Å². The number of nitrogens with one attached hydrogen (secondary N) is 3. The number of benzene rings is 1. The molecule has 0 radical (unpaired) electrons. The number of rotatable bonds is 7. The smallest absolute Gasteiger partial charge is 0.240 e. The molecule has 0 unspecified atom stereocenters. The van der Waals surface area contributed by atoms with Gasteiger partial charge in [-0.05, 0) is 37.1 Å². The fraction of sp³-hybridized carbons (Fsp3) is 0.217. The van der Waals surface area contributed by atoms with Crippen molar-refractivity contribution in [3.63, 3.8) is 0 Å². The zero-order chi connectivity index (χ0) is 23.9. The largest absolute Gasteiger partial charge is 0.381 e. The highest BCUT2D eigenvalue weighted by Crippen LogP contribution is 2.37. The van der Waals surface area contributed by atoms with E-state index in [1.165, 1.54) is 30.4 Å². The summed E-state index contributed by atoms with van der Waals surface area (Å²) >= 11 is 1.38. The molecule has 3 aromatic heterocycles. The van der Waals surface area contributed by atoms with Crippen molar-refractivity contribution in [3.8, 4) is 16.6 Å². The van der Waals surface area contributed by atoms with Crippen LogP contribution >= 0.6 is 11.3 Å². The molecule has 3 N–H and O–H groups in total. The molecule has 0 spiro atoms. The van der Waals surface area contributed by atoms with Crippen LogP contribution in [0.25, 0.3) is 21.6 Å². The molecule has 9 nitrogen and oxygen atoms in total. The number of fused-ring (bicyclic) bond motifs is 1. The molecule has 5 rings (SSSR count). The number of nitriles is 1. The lowest BCUT2D eigenvalue weighted by Crippen LogP contribution is -2.49. The van der Waals surface area contributed by atoms with Gasteiger partial charge in [0.25, 0.3) is 0 Å². The van der Waals surface area contributed by atoms with Crippen LogP contribution in [0.5, 0.6) is 0 Å². The van der Waals surface area contributed by atoms with Gasteiger partial charge in [-0.2, -0.15) is 5.26 Å². The molecule has 3 heterocycles. The molecule has 1 fully saturated rings. The van der Waals surface area contributed by atoms with E-state index in [9.17, 15) is 13.2 Å². The highest BCUT2D eigenvalue weighted by Gasteiger charge is 2.33. The summed E-state index contributed by atoms with van der Waals surface area (Å²) in [5.74, 6) is -0.0953. The predicted octanol–water partition coefficient (Wildman–Crippen LogP) is 3.68. The maximum Gasteiger partial charge on any atom is 0.240 e. The number of aromatic nitrogens is 3. The Bertz CT molecular complexity index is 1540. The average Bonchev–Trinajstić information content (AvgIpc) is 3.47. The van der Waals surface area contributed by atoms with Crippen LogP contribution in [0, 0.1) is 11.3 Å². The van der Waals surface area contributed by atoms with Gasteiger partial charge in [0.1, 0.15) is 16.3 Å². The third-order valence-corrected chi connectivity index (χ3v) is 8.16. The van der Waals surface area contributed by atoms with Crippen LogP contribution in [0.4, 0.5) is 5.69 Å². The molecule has 11 heteroatoms. The number of ketones is 1. The Balaban J connectivity index is 1.33. The van der Waals surface area contributed by atoms with Gasteiger partial charge >= 0.3 is 0 Å². The lowest BCUT2D eigenvalue weighted by molar-refractivity contribution is 0.101. The third-order valence-electron chi connectivity index (χ3n) is 5.76. The van der Waals surface area contributed by atoms with Crippen LogP contribution in [0.3, 0.4) is 0 Å². The minimum Gasteiger partial charge on any atom is -0.381 e. The van der Waals surface area contributed by atoms with Gasteiger partial charge in [-0.3, -0.25) is 4.79 Å². The summed E-state index contributed by atoms with van der Waals surface area (Å²) in [6.45, 7) is 1.48. The molecule has 0 atom stereocenters. The number of thiazole rings is 1. The Morgan fingerprint density at radius 2 is 2.09 bits per heavy atom. The van der Waals surface area contributed by atoms with Crippen molar-refractivity contribution in [3.05, 3.63) is 59.4 Å². The minimum absolute atomic E-state index is 0.0460. The van der Waals surface area contributed by atoms with Crippen LogP contribution in [0.2, 0.25) is 0 Å². The standard InChI is InChI=1S/C23H20N6O3S2/c1-13(30)20-12-33-23(28-20)19-11-26-22-18(5-6-25-22)21(19)27-15-8-16(9-15)29-34(31,32)17-4-2-3-14(7-17)10-24/h2-7,11-12,15-16,29H,8-9H2,1H3,(H2,25,26,27). The second-order valence-corrected chi connectivity index (χ2v) is 10.7. The van der Waals surface area contributed by atoms with Gasteiger partial charge in [0, 0.05) is 42.2 Å². The van der Waals surface area contributed by atoms with Gasteiger partial charge in [0.15, 0.2) is 5.78 Å². The summed E-state index contributed by atoms with van der Waals surface area (Å²) in [4.78, 5) is 23.8. The van der Waals surface area contributed by atoms with E-state index in [1.54, 1.807) is 23.7 Å². The van der Waals surface area contributed by atoms with Gasteiger partial charge in [0.2, 0.25) is 10.0 Å². The van der Waals surface area contributed by atoms with Crippen molar-refractivity contribution in [1.82, 2.24) is 19.7 Å². The number of nitrogens with zero attached hydrogens (tertiary/aromatic N) is 3. The van der Waals surface area contributed by atoms with E-state index in [0.717, 1.165) is 22.3 Å². The maximum atomic E-state index is 12.7. The average molecular weight is 493 g/mol. The molecule has 0 saturated heterocycles. The van der Waals surface area contributed by atoms with Crippen molar-refractivity contribution in [1.29, 1.82) is 5.26 Å². The maximum absolute atomic E-state index is 12.7. The van der Waals surface area contributed by atoms with Gasteiger partial charge in [-0.1, -0.05) is 6.07 Å². The molecule has 34 heavy (non-hydrogen) atoms. The number of hydrogen-bond acceptors (Lipinski definition) is 8. The van der Waals surface area contributed by atoms with Gasteiger partial charge < -0.3 is 10.3 Å². The number of aromatic amines is 1. The van der Waals surface area contributed by atoms with E-state index in [1.807, 2.05) is 18.3 Å². The number of carbonyl (C=O) groups excluding carboxylic acids is 1. The third kappa shape index (κ3) is 4.19. The molecule has 0 aliphatic heterocycles. The summed E-state index contributed by atoms with van der Waals surface area (Å²) in [7, 11) is -3.72. The lowest BCUT2D eigenvalue weighted by atomic mass is 9.87. The van der Waals surface area contributed by atoms with Crippen LogP contribution < -0.4 is 10.0 Å². The van der Waals surface area contributed by atoms with E-state index < -0.39 is 10.0 Å². The first kappa shape index (κ1) is 22.2. The number of anilines is 1. The van der Waals surface area contributed by atoms with E-state index in [4.69, 9.17) is 5.26 Å². The number of hydrogen-bond donors (Lipinski definition) is 3. The second kappa shape index (κ2) is 8.64. The summed E-state index contributed by atoms with van der Waals surface area (Å²) < 4.78 is 28.2. The number of pyridine rings is 1. The van der Waals surface area contributed by atoms with Crippen molar-refractivity contribution in [2.45, 2.75) is 36.7 Å². The van der Waals surface area contributed by atoms with Gasteiger partial charge in [-0.25, -0.2) is 23.1 Å². The molecular weight excluding hydrogens is 472 g/mol. The van der Waals surface area contributed by atoms with Crippen LogP contribution in [-0.4, -0.2) is 41.2 Å². The fourth-order valence-electron chi connectivity index (χ4n) is 3.94. The molecular formula is C23H20N6O3S2. The Kier molecular flexibility index (Phi) is 5.65. The fourth-order valence-corrected chi connectivity index (χ4v) is 6.12. The van der Waals surface area contributed by atoms with Crippen LogP contribution in [0.1, 0.15) is 35.8 Å². The van der Waals surface area contributed by atoms with Crippen molar-refractivity contribution in [2.24, 2.45) is 0 Å². The second-order valence-electron chi connectivity index (χ2n) is 8.15. The quantitative estimate of drug-likeness (QED) is 0.334. The zero-order valence-electron chi connectivity index (χ0n) is 18.1. The van der Waals surface area contributed by atoms with Crippen LogP contribution in [-0.2, 0) is 10.0 Å². The van der Waals surface area contributed by atoms with E-state index in [-0.39, 0.29) is 22.8 Å². The number of H-pyrrole nitrogens is 1. The molecule has 4 aromatic rings. The molecule has 1 saturated carbocycles. The molecule has 1 aliphatic rings. The Morgan fingerprint density at radius 1 is 1.26 bits per heavy atom. The molecule has 172 valence electrons. The molecule has 1 aromatic carbocycles. The Labute approximate surface area is 199 Å². The molecule has 0 amide bonds. The number of carbonyl (C=O) groups is 1.